The third-order valence-electron chi connectivity index (χ3n) is 4.84. The molecule has 0 aromatic carbocycles. The maximum atomic E-state index is 2.45. The Morgan fingerprint density at radius 2 is 1.60 bits per heavy atom. The Bertz CT molecular complexity index is 259. The lowest BCUT2D eigenvalue weighted by Gasteiger charge is -2.21. The molecule has 15 heavy (non-hydrogen) atoms. The van der Waals surface area contributed by atoms with Crippen molar-refractivity contribution in [2.75, 3.05) is 0 Å². The van der Waals surface area contributed by atoms with E-state index in [9.17, 15) is 0 Å². The Morgan fingerprint density at radius 1 is 0.933 bits per heavy atom. The van der Waals surface area contributed by atoms with E-state index in [0.29, 0.717) is 0 Å². The summed E-state index contributed by atoms with van der Waals surface area (Å²) in [6.07, 6.45) is 7.15. The summed E-state index contributed by atoms with van der Waals surface area (Å²) in [7, 11) is 0. The van der Waals surface area contributed by atoms with Gasteiger partial charge in [-0.05, 0) is 55.8 Å². The van der Waals surface area contributed by atoms with Crippen LogP contribution in [0.1, 0.15) is 59.8 Å². The molecular weight excluding hydrogens is 180 g/mol. The van der Waals surface area contributed by atoms with Gasteiger partial charge in [-0.25, -0.2) is 0 Å². The van der Waals surface area contributed by atoms with Crippen molar-refractivity contribution in [3.05, 3.63) is 11.1 Å². The van der Waals surface area contributed by atoms with Gasteiger partial charge in [-0.2, -0.15) is 0 Å². The average molecular weight is 206 g/mol. The fraction of sp³-hybridized carbons (Fsp3) is 0.867. The van der Waals surface area contributed by atoms with Crippen molar-refractivity contribution in [2.24, 2.45) is 23.7 Å². The van der Waals surface area contributed by atoms with E-state index in [1.165, 1.54) is 32.1 Å². The fourth-order valence-corrected chi connectivity index (χ4v) is 3.51. The van der Waals surface area contributed by atoms with Gasteiger partial charge in [0.1, 0.15) is 0 Å². The van der Waals surface area contributed by atoms with E-state index >= 15 is 0 Å². The van der Waals surface area contributed by atoms with E-state index in [1.807, 2.05) is 11.1 Å². The maximum Gasteiger partial charge on any atom is -0.0226 e. The summed E-state index contributed by atoms with van der Waals surface area (Å²) in [5, 5.41) is 0. The summed E-state index contributed by atoms with van der Waals surface area (Å²) in [5.74, 6) is 3.60. The summed E-state index contributed by atoms with van der Waals surface area (Å²) >= 11 is 0. The molecule has 0 heterocycles. The van der Waals surface area contributed by atoms with Crippen LogP contribution < -0.4 is 0 Å². The highest BCUT2D eigenvalue weighted by Gasteiger charge is 2.30. The van der Waals surface area contributed by atoms with Gasteiger partial charge in [-0.1, -0.05) is 38.8 Å². The highest BCUT2D eigenvalue weighted by atomic mass is 14.4. The molecule has 0 spiro atoms. The van der Waals surface area contributed by atoms with Gasteiger partial charge in [0.25, 0.3) is 0 Å². The zero-order valence-electron chi connectivity index (χ0n) is 10.8. The minimum absolute atomic E-state index is 0.872. The van der Waals surface area contributed by atoms with Crippen LogP contribution in [-0.2, 0) is 0 Å². The third kappa shape index (κ3) is 2.14. The SMILES string of the molecule is CC1CCC(C(C)C)CC2=C1CCC2C. The first-order valence-corrected chi connectivity index (χ1v) is 6.81. The molecule has 2 aliphatic carbocycles. The van der Waals surface area contributed by atoms with Gasteiger partial charge >= 0.3 is 0 Å². The first kappa shape index (κ1) is 11.2. The zero-order valence-corrected chi connectivity index (χ0v) is 10.8. The summed E-state index contributed by atoms with van der Waals surface area (Å²) < 4.78 is 0. The lowest BCUT2D eigenvalue weighted by molar-refractivity contribution is 0.335. The molecule has 0 aliphatic heterocycles. The van der Waals surface area contributed by atoms with Crippen molar-refractivity contribution in [1.29, 1.82) is 0 Å². The number of hydrogen-bond acceptors (Lipinski definition) is 0. The molecule has 0 radical (unpaired) electrons. The first-order chi connectivity index (χ1) is 7.09. The van der Waals surface area contributed by atoms with E-state index in [-0.39, 0.29) is 0 Å². The Balaban J connectivity index is 2.20. The van der Waals surface area contributed by atoms with E-state index < -0.39 is 0 Å². The van der Waals surface area contributed by atoms with Crippen molar-refractivity contribution in [3.63, 3.8) is 0 Å². The Labute approximate surface area is 95.1 Å². The Kier molecular flexibility index (Phi) is 3.23. The molecule has 0 nitrogen and oxygen atoms in total. The van der Waals surface area contributed by atoms with Gasteiger partial charge in [0.2, 0.25) is 0 Å². The molecule has 0 saturated heterocycles. The van der Waals surface area contributed by atoms with Crippen LogP contribution in [0.15, 0.2) is 11.1 Å². The van der Waals surface area contributed by atoms with Gasteiger partial charge in [-0.15, -0.1) is 0 Å². The zero-order chi connectivity index (χ0) is 11.0. The third-order valence-corrected chi connectivity index (χ3v) is 4.84. The van der Waals surface area contributed by atoms with Gasteiger partial charge < -0.3 is 0 Å². The van der Waals surface area contributed by atoms with Crippen LogP contribution in [0, 0.1) is 23.7 Å². The van der Waals surface area contributed by atoms with Crippen molar-refractivity contribution in [2.45, 2.75) is 59.8 Å². The summed E-state index contributed by atoms with van der Waals surface area (Å²) in [4.78, 5) is 0. The molecule has 0 aromatic heterocycles. The first-order valence-electron chi connectivity index (χ1n) is 6.81. The number of allylic oxidation sites excluding steroid dienone is 2. The van der Waals surface area contributed by atoms with Crippen molar-refractivity contribution < 1.29 is 0 Å². The molecular formula is C15H26. The van der Waals surface area contributed by atoms with Gasteiger partial charge in [0, 0.05) is 0 Å². The van der Waals surface area contributed by atoms with Crippen molar-refractivity contribution >= 4 is 0 Å². The standard InChI is InChI=1S/C15H26/c1-10(2)13-7-5-11(3)14-8-6-12(4)15(14)9-13/h10-13H,5-9H2,1-4H3. The second-order valence-corrected chi connectivity index (χ2v) is 6.18. The van der Waals surface area contributed by atoms with Crippen LogP contribution in [0.5, 0.6) is 0 Å². The molecule has 3 atom stereocenters. The van der Waals surface area contributed by atoms with Crippen LogP contribution in [0.2, 0.25) is 0 Å². The van der Waals surface area contributed by atoms with Gasteiger partial charge in [-0.3, -0.25) is 0 Å². The molecule has 3 unspecified atom stereocenters. The second kappa shape index (κ2) is 4.31. The molecule has 0 heteroatoms. The highest BCUT2D eigenvalue weighted by Crippen LogP contribution is 2.45. The summed E-state index contributed by atoms with van der Waals surface area (Å²) in [5.41, 5.74) is 3.71. The van der Waals surface area contributed by atoms with Crippen LogP contribution in [-0.4, -0.2) is 0 Å². The minimum Gasteiger partial charge on any atom is -0.0679 e. The van der Waals surface area contributed by atoms with Crippen LogP contribution in [0.4, 0.5) is 0 Å². The largest absolute Gasteiger partial charge is 0.0679 e. The number of rotatable bonds is 1. The van der Waals surface area contributed by atoms with Crippen LogP contribution in [0.25, 0.3) is 0 Å². The highest BCUT2D eigenvalue weighted by molar-refractivity contribution is 5.25. The Hall–Kier alpha value is -0.260. The molecule has 86 valence electrons. The smallest absolute Gasteiger partial charge is 0.0226 e. The van der Waals surface area contributed by atoms with Gasteiger partial charge in [0.15, 0.2) is 0 Å². The number of hydrogen-bond donors (Lipinski definition) is 0. The minimum atomic E-state index is 0.872. The molecule has 0 saturated carbocycles. The molecule has 0 amide bonds. The molecule has 0 fully saturated rings. The van der Waals surface area contributed by atoms with E-state index in [1.54, 1.807) is 0 Å². The van der Waals surface area contributed by atoms with Crippen LogP contribution >= 0.6 is 0 Å². The van der Waals surface area contributed by atoms with Crippen molar-refractivity contribution in [3.8, 4) is 0 Å². The molecule has 2 aliphatic rings. The van der Waals surface area contributed by atoms with E-state index in [4.69, 9.17) is 0 Å². The molecule has 0 N–H and O–H groups in total. The Morgan fingerprint density at radius 3 is 2.27 bits per heavy atom. The molecule has 0 bridgehead atoms. The predicted octanol–water partition coefficient (Wildman–Crippen LogP) is 4.81. The fourth-order valence-electron chi connectivity index (χ4n) is 3.51. The monoisotopic (exact) mass is 206 g/mol. The normalized spacial score (nSPS) is 37.0. The summed E-state index contributed by atoms with van der Waals surface area (Å²) in [6, 6.07) is 0. The quantitative estimate of drug-likeness (QED) is 0.540. The topological polar surface area (TPSA) is 0 Å². The lowest BCUT2D eigenvalue weighted by Crippen LogP contribution is -2.10. The lowest BCUT2D eigenvalue weighted by atomic mass is 9.84. The molecule has 2 rings (SSSR count). The predicted molar refractivity (Wildman–Crippen MR) is 66.8 cm³/mol. The van der Waals surface area contributed by atoms with E-state index in [0.717, 1.165) is 23.7 Å². The van der Waals surface area contributed by atoms with E-state index in [2.05, 4.69) is 27.7 Å². The average Bonchev–Trinajstić information content (AvgIpc) is 2.43. The second-order valence-electron chi connectivity index (χ2n) is 6.18. The summed E-state index contributed by atoms with van der Waals surface area (Å²) in [6.45, 7) is 9.70. The van der Waals surface area contributed by atoms with Crippen LogP contribution in [0.3, 0.4) is 0 Å². The molecule has 0 aromatic rings. The maximum absolute atomic E-state index is 2.45. The van der Waals surface area contributed by atoms with Crippen molar-refractivity contribution in [1.82, 2.24) is 0 Å². The van der Waals surface area contributed by atoms with Gasteiger partial charge in [0.05, 0.1) is 0 Å².